The third-order valence-corrected chi connectivity index (χ3v) is 4.78. The van der Waals surface area contributed by atoms with E-state index in [0.717, 1.165) is 12.2 Å². The lowest BCUT2D eigenvalue weighted by atomic mass is 9.67. The molecule has 2 atom stereocenters. The van der Waals surface area contributed by atoms with Crippen molar-refractivity contribution in [2.75, 3.05) is 5.32 Å². The van der Waals surface area contributed by atoms with Crippen molar-refractivity contribution in [1.82, 2.24) is 19.6 Å². The highest BCUT2D eigenvalue weighted by molar-refractivity contribution is 6.21. The standard InChI is InChI=1S/C12H16ClN5O/c1-6-14-9(5-10-16-17-11(19)18(6)10)15-8-4-7(13)12(8,2)3/h5,7-8,15H,4H2,1-3H3,(H,17,19). The van der Waals surface area contributed by atoms with Gasteiger partial charge in [-0.1, -0.05) is 13.8 Å². The highest BCUT2D eigenvalue weighted by Gasteiger charge is 2.47. The number of hydrogen-bond donors (Lipinski definition) is 2. The molecule has 0 saturated heterocycles. The van der Waals surface area contributed by atoms with E-state index in [4.69, 9.17) is 11.6 Å². The molecule has 6 nitrogen and oxygen atoms in total. The number of H-pyrrole nitrogens is 1. The minimum absolute atomic E-state index is 0.0362. The van der Waals surface area contributed by atoms with Crippen molar-refractivity contribution in [1.29, 1.82) is 0 Å². The number of aryl methyl sites for hydroxylation is 1. The Morgan fingerprint density at radius 3 is 2.95 bits per heavy atom. The third kappa shape index (κ3) is 1.82. The van der Waals surface area contributed by atoms with Crippen molar-refractivity contribution >= 4 is 23.1 Å². The second-order valence-corrected chi connectivity index (χ2v) is 6.16. The van der Waals surface area contributed by atoms with Crippen LogP contribution in [0.1, 0.15) is 26.1 Å². The fraction of sp³-hybridized carbons (Fsp3) is 0.583. The van der Waals surface area contributed by atoms with Gasteiger partial charge in [0, 0.05) is 22.9 Å². The second-order valence-electron chi connectivity index (χ2n) is 5.63. The molecule has 0 amide bonds. The topological polar surface area (TPSA) is 75.1 Å². The van der Waals surface area contributed by atoms with Crippen LogP contribution < -0.4 is 11.0 Å². The van der Waals surface area contributed by atoms with Crippen LogP contribution in [0.3, 0.4) is 0 Å². The molecule has 3 rings (SSSR count). The average Bonchev–Trinajstić information content (AvgIpc) is 2.71. The summed E-state index contributed by atoms with van der Waals surface area (Å²) in [6.07, 6.45) is 0.911. The van der Waals surface area contributed by atoms with Gasteiger partial charge in [-0.2, -0.15) is 5.10 Å². The molecule has 2 unspecified atom stereocenters. The molecule has 1 saturated carbocycles. The van der Waals surface area contributed by atoms with Crippen molar-refractivity contribution in [2.24, 2.45) is 5.41 Å². The molecule has 2 N–H and O–H groups in total. The first-order valence-corrected chi connectivity index (χ1v) is 6.68. The van der Waals surface area contributed by atoms with E-state index in [1.54, 1.807) is 13.0 Å². The number of fused-ring (bicyclic) bond motifs is 1. The van der Waals surface area contributed by atoms with E-state index in [1.807, 2.05) is 0 Å². The molecule has 2 aromatic rings. The average molecular weight is 282 g/mol. The fourth-order valence-corrected chi connectivity index (χ4v) is 2.80. The summed E-state index contributed by atoms with van der Waals surface area (Å²) in [5.74, 6) is 1.34. The Morgan fingerprint density at radius 1 is 1.58 bits per heavy atom. The maximum absolute atomic E-state index is 11.5. The van der Waals surface area contributed by atoms with Gasteiger partial charge in [0.2, 0.25) is 0 Å². The number of rotatable bonds is 2. The molecule has 1 aliphatic rings. The summed E-state index contributed by atoms with van der Waals surface area (Å²) in [5, 5.41) is 9.94. The smallest absolute Gasteiger partial charge is 0.349 e. The molecule has 2 aromatic heterocycles. The summed E-state index contributed by atoms with van der Waals surface area (Å²) in [5.41, 5.74) is 0.338. The van der Waals surface area contributed by atoms with Crippen LogP contribution in [0, 0.1) is 12.3 Å². The van der Waals surface area contributed by atoms with Gasteiger partial charge in [-0.05, 0) is 13.3 Å². The number of aromatic nitrogens is 4. The predicted molar refractivity (Wildman–Crippen MR) is 73.8 cm³/mol. The highest BCUT2D eigenvalue weighted by atomic mass is 35.5. The van der Waals surface area contributed by atoms with Crippen LogP contribution in [0.4, 0.5) is 5.82 Å². The largest absolute Gasteiger partial charge is 0.367 e. The summed E-state index contributed by atoms with van der Waals surface area (Å²) in [6, 6.07) is 2.05. The monoisotopic (exact) mass is 281 g/mol. The summed E-state index contributed by atoms with van der Waals surface area (Å²) >= 11 is 6.21. The van der Waals surface area contributed by atoms with Gasteiger partial charge < -0.3 is 5.32 Å². The van der Waals surface area contributed by atoms with Crippen LogP contribution in [0.25, 0.3) is 5.65 Å². The molecule has 0 aromatic carbocycles. The minimum atomic E-state index is -0.267. The maximum Gasteiger partial charge on any atom is 0.349 e. The Hall–Kier alpha value is -1.56. The van der Waals surface area contributed by atoms with Crippen LogP contribution in [-0.4, -0.2) is 31.0 Å². The maximum atomic E-state index is 11.5. The number of anilines is 1. The number of nitrogens with one attached hydrogen (secondary N) is 2. The molecule has 1 aliphatic carbocycles. The molecule has 1 fully saturated rings. The van der Waals surface area contributed by atoms with E-state index in [9.17, 15) is 4.79 Å². The van der Waals surface area contributed by atoms with E-state index in [-0.39, 0.29) is 22.5 Å². The van der Waals surface area contributed by atoms with Gasteiger partial charge in [0.1, 0.15) is 11.6 Å². The predicted octanol–water partition coefficient (Wildman–Crippen LogP) is 1.54. The quantitative estimate of drug-likeness (QED) is 0.819. The molecule has 19 heavy (non-hydrogen) atoms. The minimum Gasteiger partial charge on any atom is -0.367 e. The van der Waals surface area contributed by atoms with Gasteiger partial charge in [-0.15, -0.1) is 11.6 Å². The molecule has 0 spiro atoms. The molecule has 0 bridgehead atoms. The van der Waals surface area contributed by atoms with Gasteiger partial charge in [-0.3, -0.25) is 0 Å². The van der Waals surface area contributed by atoms with Gasteiger partial charge in [0.15, 0.2) is 5.65 Å². The first kappa shape index (κ1) is 12.5. The lowest BCUT2D eigenvalue weighted by Gasteiger charge is -2.49. The van der Waals surface area contributed by atoms with Crippen molar-refractivity contribution in [3.63, 3.8) is 0 Å². The SMILES string of the molecule is Cc1nc(NC2CC(Cl)C2(C)C)cc2n[nH]c(=O)n12. The number of alkyl halides is 1. The van der Waals surface area contributed by atoms with Gasteiger partial charge in [0.25, 0.3) is 0 Å². The number of nitrogens with zero attached hydrogens (tertiary/aromatic N) is 3. The Morgan fingerprint density at radius 2 is 2.32 bits per heavy atom. The Bertz CT molecular complexity index is 689. The Balaban J connectivity index is 1.93. The van der Waals surface area contributed by atoms with Crippen LogP contribution in [-0.2, 0) is 0 Å². The van der Waals surface area contributed by atoms with E-state index in [0.29, 0.717) is 11.5 Å². The lowest BCUT2D eigenvalue weighted by molar-refractivity contribution is 0.168. The summed E-state index contributed by atoms with van der Waals surface area (Å²) in [4.78, 5) is 15.9. The molecular weight excluding hydrogens is 266 g/mol. The van der Waals surface area contributed by atoms with Crippen molar-refractivity contribution in [2.45, 2.75) is 38.6 Å². The molecule has 102 valence electrons. The second kappa shape index (κ2) is 3.96. The molecular formula is C12H16ClN5O. The third-order valence-electron chi connectivity index (χ3n) is 4.04. The number of hydrogen-bond acceptors (Lipinski definition) is 4. The van der Waals surface area contributed by atoms with Crippen LogP contribution >= 0.6 is 11.6 Å². The van der Waals surface area contributed by atoms with Gasteiger partial charge in [0.05, 0.1) is 0 Å². The zero-order chi connectivity index (χ0) is 13.8. The number of aromatic amines is 1. The van der Waals surface area contributed by atoms with E-state index < -0.39 is 0 Å². The van der Waals surface area contributed by atoms with Gasteiger partial charge in [-0.25, -0.2) is 19.3 Å². The summed E-state index contributed by atoms with van der Waals surface area (Å²) < 4.78 is 1.45. The normalized spacial score (nSPS) is 25.3. The first-order valence-electron chi connectivity index (χ1n) is 6.25. The van der Waals surface area contributed by atoms with Crippen molar-refractivity contribution in [3.05, 3.63) is 22.4 Å². The van der Waals surface area contributed by atoms with Crippen LogP contribution in [0.2, 0.25) is 0 Å². The van der Waals surface area contributed by atoms with Crippen molar-refractivity contribution in [3.8, 4) is 0 Å². The van der Waals surface area contributed by atoms with Gasteiger partial charge >= 0.3 is 5.69 Å². The first-order chi connectivity index (χ1) is 8.89. The van der Waals surface area contributed by atoms with E-state index in [1.165, 1.54) is 4.40 Å². The Labute approximate surface area is 115 Å². The molecule has 7 heteroatoms. The van der Waals surface area contributed by atoms with E-state index >= 15 is 0 Å². The number of halogens is 1. The molecule has 0 aliphatic heterocycles. The lowest BCUT2D eigenvalue weighted by Crippen LogP contribution is -2.54. The van der Waals surface area contributed by atoms with Crippen molar-refractivity contribution < 1.29 is 0 Å². The van der Waals surface area contributed by atoms with Crippen LogP contribution in [0.5, 0.6) is 0 Å². The van der Waals surface area contributed by atoms with E-state index in [2.05, 4.69) is 34.3 Å². The Kier molecular flexibility index (Phi) is 2.60. The fourth-order valence-electron chi connectivity index (χ4n) is 2.47. The molecule has 0 radical (unpaired) electrons. The summed E-state index contributed by atoms with van der Waals surface area (Å²) in [6.45, 7) is 6.05. The molecule has 2 heterocycles. The highest BCUT2D eigenvalue weighted by Crippen LogP contribution is 2.45. The zero-order valence-corrected chi connectivity index (χ0v) is 11.8. The summed E-state index contributed by atoms with van der Waals surface area (Å²) in [7, 11) is 0. The van der Waals surface area contributed by atoms with Crippen LogP contribution in [0.15, 0.2) is 10.9 Å². The zero-order valence-electron chi connectivity index (χ0n) is 11.1.